The largest absolute Gasteiger partial charge is 0.505 e. The van der Waals surface area contributed by atoms with E-state index < -0.39 is 6.16 Å². The molecule has 17 heavy (non-hydrogen) atoms. The van der Waals surface area contributed by atoms with E-state index in [0.29, 0.717) is 6.61 Å². The second-order valence-electron chi connectivity index (χ2n) is 4.02. The van der Waals surface area contributed by atoms with Crippen LogP contribution in [0.25, 0.3) is 0 Å². The predicted molar refractivity (Wildman–Crippen MR) is 67.0 cm³/mol. The number of carboxylic acid groups (broad SMARTS) is 1. The van der Waals surface area contributed by atoms with Gasteiger partial charge in [0.1, 0.15) is 0 Å². The highest BCUT2D eigenvalue weighted by Gasteiger charge is 1.97. The van der Waals surface area contributed by atoms with E-state index in [1.165, 1.54) is 5.56 Å². The van der Waals surface area contributed by atoms with Crippen molar-refractivity contribution in [2.75, 3.05) is 12.3 Å². The number of benzene rings is 1. The van der Waals surface area contributed by atoms with Gasteiger partial charge in [-0.3, -0.25) is 0 Å². The average Bonchev–Trinajstić information content (AvgIpc) is 2.27. The highest BCUT2D eigenvalue weighted by molar-refractivity contribution is 5.56. The first-order chi connectivity index (χ1) is 8.18. The van der Waals surface area contributed by atoms with Gasteiger partial charge in [0.05, 0.1) is 6.61 Å². The fourth-order valence-corrected chi connectivity index (χ4v) is 1.69. The highest BCUT2D eigenvalue weighted by Crippen LogP contribution is 2.11. The Morgan fingerprint density at radius 2 is 2.00 bits per heavy atom. The van der Waals surface area contributed by atoms with Crippen LogP contribution in [0, 0.1) is 0 Å². The molecule has 1 rings (SSSR count). The summed E-state index contributed by atoms with van der Waals surface area (Å²) in [5.74, 6) is 0. The van der Waals surface area contributed by atoms with E-state index in [-0.39, 0.29) is 0 Å². The van der Waals surface area contributed by atoms with Gasteiger partial charge in [-0.25, -0.2) is 4.79 Å². The van der Waals surface area contributed by atoms with Gasteiger partial charge in [0.25, 0.3) is 0 Å². The maximum Gasteiger partial charge on any atom is 0.505 e. The number of nitrogens with two attached hydrogens (primary N) is 1. The average molecular weight is 237 g/mol. The number of aryl methyl sites for hydroxylation is 1. The molecule has 0 aliphatic heterocycles. The van der Waals surface area contributed by atoms with Crippen LogP contribution in [0.2, 0.25) is 0 Å². The lowest BCUT2D eigenvalue weighted by atomic mass is 10.1. The third-order valence-corrected chi connectivity index (χ3v) is 2.54. The number of rotatable bonds is 7. The molecule has 0 radical (unpaired) electrons. The van der Waals surface area contributed by atoms with Crippen LogP contribution in [0.4, 0.5) is 10.5 Å². The van der Waals surface area contributed by atoms with Gasteiger partial charge in [0.15, 0.2) is 0 Å². The second kappa shape index (κ2) is 7.54. The summed E-state index contributed by atoms with van der Waals surface area (Å²) in [5, 5.41) is 8.26. The third-order valence-electron chi connectivity index (χ3n) is 2.54. The van der Waals surface area contributed by atoms with Crippen LogP contribution in [0.15, 0.2) is 24.3 Å². The Balaban J connectivity index is 2.03. The normalized spacial score (nSPS) is 10.1. The number of nitrogen functional groups attached to an aromatic ring is 1. The lowest BCUT2D eigenvalue weighted by Crippen LogP contribution is -2.01. The minimum Gasteiger partial charge on any atom is -0.450 e. The molecule has 0 saturated carbocycles. The molecule has 4 nitrogen and oxygen atoms in total. The molecule has 94 valence electrons. The van der Waals surface area contributed by atoms with Gasteiger partial charge in [-0.05, 0) is 37.0 Å². The molecule has 3 N–H and O–H groups in total. The summed E-state index contributed by atoms with van der Waals surface area (Å²) in [5.41, 5.74) is 7.74. The monoisotopic (exact) mass is 237 g/mol. The first-order valence-corrected chi connectivity index (χ1v) is 5.88. The molecule has 1 aromatic rings. The molecule has 0 saturated heterocycles. The van der Waals surface area contributed by atoms with Gasteiger partial charge in [-0.2, -0.15) is 0 Å². The van der Waals surface area contributed by atoms with Crippen molar-refractivity contribution in [3.05, 3.63) is 29.8 Å². The van der Waals surface area contributed by atoms with Crippen molar-refractivity contribution in [3.8, 4) is 0 Å². The van der Waals surface area contributed by atoms with Gasteiger partial charge in [0, 0.05) is 5.69 Å². The van der Waals surface area contributed by atoms with Crippen molar-refractivity contribution < 1.29 is 14.6 Å². The first kappa shape index (κ1) is 13.4. The lowest BCUT2D eigenvalue weighted by Gasteiger charge is -2.03. The van der Waals surface area contributed by atoms with Crippen molar-refractivity contribution in [2.45, 2.75) is 32.1 Å². The van der Waals surface area contributed by atoms with Crippen molar-refractivity contribution >= 4 is 11.8 Å². The van der Waals surface area contributed by atoms with E-state index in [1.54, 1.807) is 0 Å². The molecule has 0 aliphatic rings. The van der Waals surface area contributed by atoms with Crippen LogP contribution >= 0.6 is 0 Å². The number of anilines is 1. The Hall–Kier alpha value is -1.71. The summed E-state index contributed by atoms with van der Waals surface area (Å²) < 4.78 is 4.42. The Labute approximate surface area is 101 Å². The zero-order valence-corrected chi connectivity index (χ0v) is 9.89. The molecule has 0 aromatic heterocycles. The SMILES string of the molecule is Nc1cccc(CCCCCCOC(=O)O)c1. The third kappa shape index (κ3) is 6.45. The minimum atomic E-state index is -1.19. The van der Waals surface area contributed by atoms with Crippen molar-refractivity contribution in [3.63, 3.8) is 0 Å². The number of unbranched alkanes of at least 4 members (excludes halogenated alkanes) is 3. The highest BCUT2D eigenvalue weighted by atomic mass is 16.7. The number of hydrogen-bond donors (Lipinski definition) is 2. The Morgan fingerprint density at radius 1 is 1.24 bits per heavy atom. The van der Waals surface area contributed by atoms with Crippen LogP contribution in [0.1, 0.15) is 31.2 Å². The van der Waals surface area contributed by atoms with Gasteiger partial charge in [-0.15, -0.1) is 0 Å². The molecule has 4 heteroatoms. The molecule has 0 aliphatic carbocycles. The molecule has 0 spiro atoms. The smallest absolute Gasteiger partial charge is 0.450 e. The first-order valence-electron chi connectivity index (χ1n) is 5.88. The van der Waals surface area contributed by atoms with Gasteiger partial charge < -0.3 is 15.6 Å². The Kier molecular flexibility index (Phi) is 5.93. The van der Waals surface area contributed by atoms with Crippen LogP contribution in [-0.4, -0.2) is 17.9 Å². The van der Waals surface area contributed by atoms with Crippen LogP contribution < -0.4 is 5.73 Å². The lowest BCUT2D eigenvalue weighted by molar-refractivity contribution is 0.0900. The standard InChI is InChI=1S/C13H19NO3/c14-12-8-5-7-11(10-12)6-3-1-2-4-9-17-13(15)16/h5,7-8,10H,1-4,6,9,14H2,(H,15,16). The zero-order chi connectivity index (χ0) is 12.5. The number of carbonyl (C=O) groups is 1. The van der Waals surface area contributed by atoms with E-state index in [0.717, 1.165) is 37.8 Å². The van der Waals surface area contributed by atoms with E-state index in [9.17, 15) is 4.79 Å². The van der Waals surface area contributed by atoms with Crippen molar-refractivity contribution in [1.82, 2.24) is 0 Å². The molecule has 0 fully saturated rings. The van der Waals surface area contributed by atoms with Gasteiger partial charge in [-0.1, -0.05) is 25.0 Å². The summed E-state index contributed by atoms with van der Waals surface area (Å²) in [7, 11) is 0. The summed E-state index contributed by atoms with van der Waals surface area (Å²) in [6.07, 6.45) is 3.79. The predicted octanol–water partition coefficient (Wildman–Crippen LogP) is 3.07. The molecular weight excluding hydrogens is 218 g/mol. The minimum absolute atomic E-state index is 0.299. The summed E-state index contributed by atoms with van der Waals surface area (Å²) >= 11 is 0. The number of ether oxygens (including phenoxy) is 1. The van der Waals surface area contributed by atoms with Crippen molar-refractivity contribution in [2.24, 2.45) is 0 Å². The van der Waals surface area contributed by atoms with E-state index in [2.05, 4.69) is 10.8 Å². The molecule has 0 unspecified atom stereocenters. The summed E-state index contributed by atoms with van der Waals surface area (Å²) in [6, 6.07) is 7.91. The Bertz CT molecular complexity index is 352. The zero-order valence-electron chi connectivity index (χ0n) is 9.89. The van der Waals surface area contributed by atoms with Gasteiger partial charge >= 0.3 is 6.16 Å². The molecule has 0 atom stereocenters. The van der Waals surface area contributed by atoms with Crippen LogP contribution in [0.5, 0.6) is 0 Å². The quantitative estimate of drug-likeness (QED) is 0.434. The molecule has 0 amide bonds. The molecule has 1 aromatic carbocycles. The second-order valence-corrected chi connectivity index (χ2v) is 4.02. The Morgan fingerprint density at radius 3 is 2.71 bits per heavy atom. The topological polar surface area (TPSA) is 72.5 Å². The summed E-state index contributed by atoms with van der Waals surface area (Å²) in [6.45, 7) is 0.299. The fourth-order valence-electron chi connectivity index (χ4n) is 1.69. The van der Waals surface area contributed by atoms with Crippen molar-refractivity contribution in [1.29, 1.82) is 0 Å². The van der Waals surface area contributed by atoms with Gasteiger partial charge in [0.2, 0.25) is 0 Å². The molecule has 0 bridgehead atoms. The van der Waals surface area contributed by atoms with E-state index >= 15 is 0 Å². The van der Waals surface area contributed by atoms with E-state index in [1.807, 2.05) is 18.2 Å². The maximum absolute atomic E-state index is 10.1. The van der Waals surface area contributed by atoms with E-state index in [4.69, 9.17) is 10.8 Å². The maximum atomic E-state index is 10.1. The fraction of sp³-hybridized carbons (Fsp3) is 0.462. The van der Waals surface area contributed by atoms with Crippen LogP contribution in [0.3, 0.4) is 0 Å². The molecule has 0 heterocycles. The van der Waals surface area contributed by atoms with Crippen LogP contribution in [-0.2, 0) is 11.2 Å². The summed E-state index contributed by atoms with van der Waals surface area (Å²) in [4.78, 5) is 10.1. The number of hydrogen-bond acceptors (Lipinski definition) is 3. The molecular formula is C13H19NO3.